The Kier molecular flexibility index (Phi) is 6.34. The molecule has 2 N–H and O–H groups in total. The highest BCUT2D eigenvalue weighted by atomic mass is 16.5. The number of methoxy groups -OCH3 is 1. The number of nitrogens with zero attached hydrogens (tertiary/aromatic N) is 1. The minimum Gasteiger partial charge on any atom is -0.493 e. The van der Waals surface area contributed by atoms with E-state index < -0.39 is 0 Å². The first-order valence-corrected chi connectivity index (χ1v) is 7.14. The summed E-state index contributed by atoms with van der Waals surface area (Å²) in [5.41, 5.74) is -0.0331. The van der Waals surface area contributed by atoms with Crippen LogP contribution in [0.5, 0.6) is 11.5 Å². The number of ether oxygens (including phenoxy) is 2. The maximum absolute atomic E-state index is 5.89. The van der Waals surface area contributed by atoms with E-state index in [0.29, 0.717) is 6.54 Å². The number of rotatable bonds is 5. The van der Waals surface area contributed by atoms with Gasteiger partial charge in [-0.2, -0.15) is 0 Å². The highest BCUT2D eigenvalue weighted by molar-refractivity contribution is 5.80. The largest absolute Gasteiger partial charge is 0.493 e. The number of guanidine groups is 1. The van der Waals surface area contributed by atoms with Crippen LogP contribution in [0.1, 0.15) is 27.7 Å². The molecule has 0 amide bonds. The average molecular weight is 293 g/mol. The van der Waals surface area contributed by atoms with Crippen molar-refractivity contribution in [2.45, 2.75) is 39.3 Å². The molecule has 0 aromatic heterocycles. The van der Waals surface area contributed by atoms with Crippen molar-refractivity contribution in [2.75, 3.05) is 20.7 Å². The molecule has 0 fully saturated rings. The fraction of sp³-hybridized carbons (Fsp3) is 0.562. The van der Waals surface area contributed by atoms with E-state index in [-0.39, 0.29) is 11.6 Å². The highest BCUT2D eigenvalue weighted by Gasteiger charge is 2.13. The summed E-state index contributed by atoms with van der Waals surface area (Å²) in [7, 11) is 3.40. The van der Waals surface area contributed by atoms with Crippen molar-refractivity contribution in [2.24, 2.45) is 4.99 Å². The van der Waals surface area contributed by atoms with Crippen LogP contribution in [0, 0.1) is 0 Å². The normalized spacial score (nSPS) is 13.5. The Bertz CT molecular complexity index is 467. The fourth-order valence-electron chi connectivity index (χ4n) is 1.75. The van der Waals surface area contributed by atoms with Crippen LogP contribution < -0.4 is 20.1 Å². The topological polar surface area (TPSA) is 54.9 Å². The lowest BCUT2D eigenvalue weighted by molar-refractivity contribution is 0.213. The van der Waals surface area contributed by atoms with Crippen molar-refractivity contribution in [3.05, 3.63) is 24.3 Å². The van der Waals surface area contributed by atoms with Crippen LogP contribution in [-0.2, 0) is 0 Å². The molecule has 5 heteroatoms. The Hall–Kier alpha value is -1.91. The molecule has 0 spiro atoms. The zero-order valence-electron chi connectivity index (χ0n) is 13.9. The van der Waals surface area contributed by atoms with Crippen LogP contribution in [0.4, 0.5) is 0 Å². The number of hydrogen-bond acceptors (Lipinski definition) is 3. The molecule has 1 aromatic carbocycles. The molecule has 0 bridgehead atoms. The van der Waals surface area contributed by atoms with E-state index in [2.05, 4.69) is 36.4 Å². The van der Waals surface area contributed by atoms with Crippen molar-refractivity contribution >= 4 is 5.96 Å². The summed E-state index contributed by atoms with van der Waals surface area (Å²) in [5, 5.41) is 6.56. The van der Waals surface area contributed by atoms with E-state index in [9.17, 15) is 0 Å². The van der Waals surface area contributed by atoms with Gasteiger partial charge in [0.25, 0.3) is 0 Å². The molecule has 1 atom stereocenters. The van der Waals surface area contributed by atoms with Gasteiger partial charge < -0.3 is 20.1 Å². The van der Waals surface area contributed by atoms with Gasteiger partial charge in [-0.3, -0.25) is 4.99 Å². The molecule has 0 aliphatic rings. The van der Waals surface area contributed by atoms with Gasteiger partial charge in [-0.15, -0.1) is 0 Å². The third kappa shape index (κ3) is 6.38. The zero-order chi connectivity index (χ0) is 15.9. The summed E-state index contributed by atoms with van der Waals surface area (Å²) >= 11 is 0. The monoisotopic (exact) mass is 293 g/mol. The van der Waals surface area contributed by atoms with Gasteiger partial charge in [0, 0.05) is 12.6 Å². The predicted molar refractivity (Wildman–Crippen MR) is 87.3 cm³/mol. The maximum Gasteiger partial charge on any atom is 0.191 e. The first kappa shape index (κ1) is 17.1. The maximum atomic E-state index is 5.89. The first-order valence-electron chi connectivity index (χ1n) is 7.14. The molecule has 0 radical (unpaired) electrons. The summed E-state index contributed by atoms with van der Waals surface area (Å²) in [6, 6.07) is 7.63. The summed E-state index contributed by atoms with van der Waals surface area (Å²) in [6.45, 7) is 8.93. The minimum atomic E-state index is -0.0331. The standard InChI is InChI=1S/C16H27N3O2/c1-12(11-18-15(17-5)19-16(2,3)4)21-14-10-8-7-9-13(14)20-6/h7-10,12H,11H2,1-6H3,(H2,17,18,19). The van der Waals surface area contributed by atoms with Crippen molar-refractivity contribution in [3.8, 4) is 11.5 Å². The van der Waals surface area contributed by atoms with Gasteiger partial charge >= 0.3 is 0 Å². The summed E-state index contributed by atoms with van der Waals surface area (Å²) in [4.78, 5) is 4.20. The van der Waals surface area contributed by atoms with Crippen LogP contribution in [-0.4, -0.2) is 38.3 Å². The lowest BCUT2D eigenvalue weighted by atomic mass is 10.1. The number of para-hydroxylation sites is 2. The fourth-order valence-corrected chi connectivity index (χ4v) is 1.75. The van der Waals surface area contributed by atoms with Gasteiger partial charge in [-0.25, -0.2) is 0 Å². The number of aliphatic imine (C=N–C) groups is 1. The Labute approximate surface area is 127 Å². The average Bonchev–Trinajstić information content (AvgIpc) is 2.42. The van der Waals surface area contributed by atoms with E-state index in [1.54, 1.807) is 14.2 Å². The molecule has 0 aliphatic carbocycles. The van der Waals surface area contributed by atoms with Gasteiger partial charge in [0.15, 0.2) is 17.5 Å². The van der Waals surface area contributed by atoms with E-state index in [1.165, 1.54) is 0 Å². The quantitative estimate of drug-likeness (QED) is 0.647. The van der Waals surface area contributed by atoms with Crippen molar-refractivity contribution in [1.29, 1.82) is 0 Å². The molecule has 0 heterocycles. The summed E-state index contributed by atoms with van der Waals surface area (Å²) in [5.74, 6) is 2.24. The minimum absolute atomic E-state index is 0.0141. The Morgan fingerprint density at radius 2 is 1.86 bits per heavy atom. The third-order valence-electron chi connectivity index (χ3n) is 2.67. The van der Waals surface area contributed by atoms with E-state index in [1.807, 2.05) is 31.2 Å². The number of hydrogen-bond donors (Lipinski definition) is 2. The second-order valence-corrected chi connectivity index (χ2v) is 5.91. The van der Waals surface area contributed by atoms with Crippen LogP contribution in [0.25, 0.3) is 0 Å². The second kappa shape index (κ2) is 7.76. The molecule has 1 unspecified atom stereocenters. The second-order valence-electron chi connectivity index (χ2n) is 5.91. The van der Waals surface area contributed by atoms with Crippen molar-refractivity contribution in [3.63, 3.8) is 0 Å². The van der Waals surface area contributed by atoms with Crippen LogP contribution in [0.2, 0.25) is 0 Å². The van der Waals surface area contributed by atoms with Gasteiger partial charge in [0.2, 0.25) is 0 Å². The first-order chi connectivity index (χ1) is 9.85. The Balaban J connectivity index is 2.52. The predicted octanol–water partition coefficient (Wildman–Crippen LogP) is 2.43. The molecule has 5 nitrogen and oxygen atoms in total. The van der Waals surface area contributed by atoms with E-state index in [4.69, 9.17) is 9.47 Å². The Morgan fingerprint density at radius 3 is 2.38 bits per heavy atom. The molecule has 1 rings (SSSR count). The van der Waals surface area contributed by atoms with Gasteiger partial charge in [-0.05, 0) is 39.8 Å². The molecule has 0 saturated carbocycles. The molecule has 1 aromatic rings. The van der Waals surface area contributed by atoms with Crippen LogP contribution >= 0.6 is 0 Å². The van der Waals surface area contributed by atoms with Crippen molar-refractivity contribution in [1.82, 2.24) is 10.6 Å². The van der Waals surface area contributed by atoms with Crippen molar-refractivity contribution < 1.29 is 9.47 Å². The smallest absolute Gasteiger partial charge is 0.191 e. The highest BCUT2D eigenvalue weighted by Crippen LogP contribution is 2.26. The number of nitrogens with one attached hydrogen (secondary N) is 2. The number of benzene rings is 1. The molecule has 118 valence electrons. The lowest BCUT2D eigenvalue weighted by Gasteiger charge is -2.25. The van der Waals surface area contributed by atoms with E-state index in [0.717, 1.165) is 17.5 Å². The van der Waals surface area contributed by atoms with E-state index >= 15 is 0 Å². The molecule has 0 aliphatic heterocycles. The molecular formula is C16H27N3O2. The SMILES string of the molecule is CN=C(NCC(C)Oc1ccccc1OC)NC(C)(C)C. The third-order valence-corrected chi connectivity index (χ3v) is 2.67. The summed E-state index contributed by atoms with van der Waals surface area (Å²) < 4.78 is 11.2. The van der Waals surface area contributed by atoms with Gasteiger partial charge in [-0.1, -0.05) is 12.1 Å². The lowest BCUT2D eigenvalue weighted by Crippen LogP contribution is -2.49. The zero-order valence-corrected chi connectivity index (χ0v) is 13.9. The molecule has 0 saturated heterocycles. The molecule has 21 heavy (non-hydrogen) atoms. The summed E-state index contributed by atoms with van der Waals surface area (Å²) in [6.07, 6.45) is -0.0141. The van der Waals surface area contributed by atoms with Gasteiger partial charge in [0.1, 0.15) is 6.10 Å². The Morgan fingerprint density at radius 1 is 1.24 bits per heavy atom. The van der Waals surface area contributed by atoms with Crippen LogP contribution in [0.3, 0.4) is 0 Å². The van der Waals surface area contributed by atoms with Crippen LogP contribution in [0.15, 0.2) is 29.3 Å². The van der Waals surface area contributed by atoms with Gasteiger partial charge in [0.05, 0.1) is 13.7 Å². The molecular weight excluding hydrogens is 266 g/mol.